The van der Waals surface area contributed by atoms with E-state index in [2.05, 4.69) is 26.0 Å². The van der Waals surface area contributed by atoms with E-state index in [1.807, 2.05) is 6.07 Å². The Balaban J connectivity index is 2.15. The number of rotatable bonds is 6. The van der Waals surface area contributed by atoms with Crippen LogP contribution in [-0.2, 0) is 14.8 Å². The number of anilines is 1. The van der Waals surface area contributed by atoms with Crippen LogP contribution in [0.5, 0.6) is 0 Å². The molecule has 0 unspecified atom stereocenters. The number of halogens is 2. The first-order valence-electron chi connectivity index (χ1n) is 7.01. The summed E-state index contributed by atoms with van der Waals surface area (Å²) in [6.07, 6.45) is 1.02. The lowest BCUT2D eigenvalue weighted by molar-refractivity contribution is -0.116. The van der Waals surface area contributed by atoms with E-state index < -0.39 is 16.1 Å². The molecule has 0 fully saturated rings. The van der Waals surface area contributed by atoms with E-state index in [0.29, 0.717) is 16.3 Å². The molecule has 5 nitrogen and oxygen atoms in total. The van der Waals surface area contributed by atoms with Gasteiger partial charge in [-0.25, -0.2) is 13.1 Å². The van der Waals surface area contributed by atoms with Crippen LogP contribution in [0.15, 0.2) is 53.0 Å². The fraction of sp³-hybridized carbons (Fsp3) is 0.188. The minimum atomic E-state index is -3.48. The lowest BCUT2D eigenvalue weighted by Gasteiger charge is -2.18. The number of benzene rings is 2. The largest absolute Gasteiger partial charge is 0.326 e. The second-order valence-electron chi connectivity index (χ2n) is 5.26. The van der Waals surface area contributed by atoms with Gasteiger partial charge < -0.3 is 5.32 Å². The maximum atomic E-state index is 12.3. The first kappa shape index (κ1) is 18.9. The van der Waals surface area contributed by atoms with Gasteiger partial charge in [-0.1, -0.05) is 45.7 Å². The van der Waals surface area contributed by atoms with Crippen LogP contribution in [0.3, 0.4) is 0 Å². The molecule has 0 aliphatic rings. The minimum absolute atomic E-state index is 0.0405. The van der Waals surface area contributed by atoms with Gasteiger partial charge >= 0.3 is 0 Å². The van der Waals surface area contributed by atoms with Gasteiger partial charge in [0.2, 0.25) is 15.9 Å². The molecule has 8 heteroatoms. The van der Waals surface area contributed by atoms with Gasteiger partial charge in [-0.15, -0.1) is 0 Å². The number of carbonyl (C=O) groups is 1. The van der Waals surface area contributed by atoms with Crippen molar-refractivity contribution in [3.8, 4) is 0 Å². The number of amides is 1. The Bertz CT molecular complexity index is 825. The fourth-order valence-corrected chi connectivity index (χ4v) is 3.41. The van der Waals surface area contributed by atoms with Crippen LogP contribution < -0.4 is 10.0 Å². The van der Waals surface area contributed by atoms with E-state index in [1.165, 1.54) is 0 Å². The molecule has 2 N–H and O–H groups in total. The Hall–Kier alpha value is -1.41. The smallest absolute Gasteiger partial charge is 0.226 e. The molecule has 0 aliphatic carbocycles. The lowest BCUT2D eigenvalue weighted by Crippen LogP contribution is -2.30. The summed E-state index contributed by atoms with van der Waals surface area (Å²) >= 11 is 9.19. The van der Waals surface area contributed by atoms with Crippen LogP contribution in [0.2, 0.25) is 5.02 Å². The molecule has 0 aliphatic heterocycles. The van der Waals surface area contributed by atoms with Gasteiger partial charge in [-0.2, -0.15) is 0 Å². The van der Waals surface area contributed by atoms with E-state index in [1.54, 1.807) is 42.5 Å². The summed E-state index contributed by atoms with van der Waals surface area (Å²) in [6, 6.07) is 13.2. The van der Waals surface area contributed by atoms with Crippen molar-refractivity contribution in [1.82, 2.24) is 4.72 Å². The van der Waals surface area contributed by atoms with E-state index in [4.69, 9.17) is 11.6 Å². The molecule has 0 bridgehead atoms. The fourth-order valence-electron chi connectivity index (χ4n) is 2.14. The quantitative estimate of drug-likeness (QED) is 0.732. The zero-order valence-electron chi connectivity index (χ0n) is 12.8. The van der Waals surface area contributed by atoms with Gasteiger partial charge in [0, 0.05) is 21.6 Å². The van der Waals surface area contributed by atoms with Gasteiger partial charge in [-0.05, 0) is 35.9 Å². The third kappa shape index (κ3) is 6.24. The summed E-state index contributed by atoms with van der Waals surface area (Å²) in [5.74, 6) is -0.302. The maximum absolute atomic E-state index is 12.3. The summed E-state index contributed by atoms with van der Waals surface area (Å²) in [7, 11) is -3.48. The van der Waals surface area contributed by atoms with E-state index in [-0.39, 0.29) is 12.3 Å². The SMILES string of the molecule is CS(=O)(=O)N[C@@H](CC(=O)Nc1cccc(Br)c1)c1ccc(Cl)cc1. The number of nitrogens with one attached hydrogen (secondary N) is 2. The van der Waals surface area contributed by atoms with E-state index in [0.717, 1.165) is 10.7 Å². The summed E-state index contributed by atoms with van der Waals surface area (Å²) in [6.45, 7) is 0. The van der Waals surface area contributed by atoms with Crippen LogP contribution in [0.25, 0.3) is 0 Å². The first-order valence-corrected chi connectivity index (χ1v) is 10.1. The van der Waals surface area contributed by atoms with Gasteiger partial charge in [0.05, 0.1) is 12.3 Å². The van der Waals surface area contributed by atoms with Gasteiger partial charge in [0.1, 0.15) is 0 Å². The molecule has 2 rings (SSSR count). The highest BCUT2D eigenvalue weighted by Crippen LogP contribution is 2.22. The molecule has 2 aromatic carbocycles. The maximum Gasteiger partial charge on any atom is 0.226 e. The Labute approximate surface area is 154 Å². The van der Waals surface area contributed by atoms with Gasteiger partial charge in [-0.3, -0.25) is 4.79 Å². The molecule has 0 saturated carbocycles. The Morgan fingerprint density at radius 2 is 1.88 bits per heavy atom. The highest BCUT2D eigenvalue weighted by molar-refractivity contribution is 9.10. The number of hydrogen-bond donors (Lipinski definition) is 2. The Morgan fingerprint density at radius 3 is 2.46 bits per heavy atom. The summed E-state index contributed by atoms with van der Waals surface area (Å²) < 4.78 is 26.5. The molecular weight excluding hydrogens is 416 g/mol. The molecule has 24 heavy (non-hydrogen) atoms. The predicted octanol–water partition coefficient (Wildman–Crippen LogP) is 3.72. The van der Waals surface area contributed by atoms with Crippen molar-refractivity contribution in [2.24, 2.45) is 0 Å². The Morgan fingerprint density at radius 1 is 1.21 bits per heavy atom. The van der Waals surface area contributed by atoms with Crippen LogP contribution in [0.4, 0.5) is 5.69 Å². The lowest BCUT2D eigenvalue weighted by atomic mass is 10.0. The third-order valence-corrected chi connectivity index (χ3v) is 4.58. The average molecular weight is 432 g/mol. The topological polar surface area (TPSA) is 75.3 Å². The monoisotopic (exact) mass is 430 g/mol. The van der Waals surface area contributed by atoms with Gasteiger partial charge in [0.25, 0.3) is 0 Å². The molecule has 1 atom stereocenters. The minimum Gasteiger partial charge on any atom is -0.326 e. The normalized spacial score (nSPS) is 12.6. The molecule has 0 spiro atoms. The van der Waals surface area contributed by atoms with Crippen molar-refractivity contribution in [3.05, 3.63) is 63.6 Å². The number of carbonyl (C=O) groups excluding carboxylic acids is 1. The second kappa shape index (κ2) is 8.11. The number of sulfonamides is 1. The van der Waals surface area contributed by atoms with Crippen molar-refractivity contribution in [3.63, 3.8) is 0 Å². The summed E-state index contributed by atoms with van der Waals surface area (Å²) in [4.78, 5) is 12.3. The third-order valence-electron chi connectivity index (χ3n) is 3.13. The van der Waals surface area contributed by atoms with Crippen molar-refractivity contribution in [2.75, 3.05) is 11.6 Å². The van der Waals surface area contributed by atoms with Crippen molar-refractivity contribution < 1.29 is 13.2 Å². The zero-order chi connectivity index (χ0) is 17.7. The Kier molecular flexibility index (Phi) is 6.40. The predicted molar refractivity (Wildman–Crippen MR) is 99.6 cm³/mol. The van der Waals surface area contributed by atoms with Crippen LogP contribution in [0, 0.1) is 0 Å². The molecule has 0 heterocycles. The number of hydrogen-bond acceptors (Lipinski definition) is 3. The van der Waals surface area contributed by atoms with Crippen molar-refractivity contribution in [2.45, 2.75) is 12.5 Å². The highest BCUT2D eigenvalue weighted by atomic mass is 79.9. The van der Waals surface area contributed by atoms with Crippen LogP contribution in [0.1, 0.15) is 18.0 Å². The molecule has 2 aromatic rings. The van der Waals surface area contributed by atoms with Crippen molar-refractivity contribution in [1.29, 1.82) is 0 Å². The summed E-state index contributed by atoms with van der Waals surface area (Å²) in [5, 5.41) is 3.29. The molecule has 128 valence electrons. The molecule has 0 radical (unpaired) electrons. The highest BCUT2D eigenvalue weighted by Gasteiger charge is 2.20. The second-order valence-corrected chi connectivity index (χ2v) is 8.39. The average Bonchev–Trinajstić information content (AvgIpc) is 2.45. The van der Waals surface area contributed by atoms with E-state index in [9.17, 15) is 13.2 Å². The molecule has 1 amide bonds. The van der Waals surface area contributed by atoms with Gasteiger partial charge in [0.15, 0.2) is 0 Å². The van der Waals surface area contributed by atoms with Crippen molar-refractivity contribution >= 4 is 49.1 Å². The van der Waals surface area contributed by atoms with Crippen LogP contribution in [-0.4, -0.2) is 20.6 Å². The van der Waals surface area contributed by atoms with E-state index >= 15 is 0 Å². The standard InChI is InChI=1S/C16H16BrClN2O3S/c1-24(22,23)20-15(11-5-7-13(18)8-6-11)10-16(21)19-14-4-2-3-12(17)9-14/h2-9,15,20H,10H2,1H3,(H,19,21)/t15-/m0/s1. The zero-order valence-corrected chi connectivity index (χ0v) is 16.0. The van der Waals surface area contributed by atoms with Crippen LogP contribution >= 0.6 is 27.5 Å². The summed E-state index contributed by atoms with van der Waals surface area (Å²) in [5.41, 5.74) is 1.29. The molecule has 0 saturated heterocycles. The molecular formula is C16H16BrClN2O3S. The molecule has 0 aromatic heterocycles. The first-order chi connectivity index (χ1) is 11.2.